The number of aliphatic hydroxyl groups excluding tert-OH is 1. The molecule has 0 radical (unpaired) electrons. The fourth-order valence-electron chi connectivity index (χ4n) is 13.3. The third-order valence-electron chi connectivity index (χ3n) is 16.2. The van der Waals surface area contributed by atoms with Gasteiger partial charge in [0, 0.05) is 12.6 Å². The van der Waals surface area contributed by atoms with E-state index in [-0.39, 0.29) is 57.1 Å². The van der Waals surface area contributed by atoms with Crippen molar-refractivity contribution in [3.63, 3.8) is 0 Å². The summed E-state index contributed by atoms with van der Waals surface area (Å²) in [6.07, 6.45) is 8.47. The van der Waals surface area contributed by atoms with Crippen molar-refractivity contribution in [3.8, 4) is 0 Å². The summed E-state index contributed by atoms with van der Waals surface area (Å²) in [7, 11) is 0. The van der Waals surface area contributed by atoms with Crippen LogP contribution in [-0.4, -0.2) is 81.5 Å². The van der Waals surface area contributed by atoms with Gasteiger partial charge in [0.25, 0.3) is 0 Å². The Morgan fingerprint density at radius 1 is 0.772 bits per heavy atom. The van der Waals surface area contributed by atoms with Crippen molar-refractivity contribution in [1.29, 1.82) is 0 Å². The standard InChI is InChI=1S/C46H81N3O8/c1-39(2,3)56-37(52)47-26-16-15-17-29(48-38(53)57-40(4,5)6)36(51)49-33-20-22-43(11)31(41(33,7)8)19-24-44(12)32(43)27-30(50)35-28(18-23-45(35,44)13)46(14)25-21-34(55-46)42(9,10)54/h28-35,50,54H,15-27H2,1-14H3,(H,47,52)(H,48,53)(H,49,51)/t28-,29-,30+,31-,32+,33-,34-,35-,43-,44+,45+,46-/m0/s1. The molecule has 4 aliphatic carbocycles. The third-order valence-corrected chi connectivity index (χ3v) is 16.2. The van der Waals surface area contributed by atoms with Gasteiger partial charge < -0.3 is 40.4 Å². The number of nitrogens with one attached hydrogen (secondary N) is 3. The maximum absolute atomic E-state index is 14.2. The van der Waals surface area contributed by atoms with E-state index < -0.39 is 41.1 Å². The number of alkyl carbamates (subject to hydrolysis) is 2. The summed E-state index contributed by atoms with van der Waals surface area (Å²) in [4.78, 5) is 39.3. The van der Waals surface area contributed by atoms with E-state index in [1.807, 2.05) is 34.6 Å². The molecule has 0 aromatic heterocycles. The number of rotatable bonds is 10. The smallest absolute Gasteiger partial charge is 0.408 e. The SMILES string of the molecule is CC(C)(C)OC(=O)NCCCC[C@H](NC(=O)OC(C)(C)C)C(=O)N[C@H]1CC[C@]2(C)[C@H]3C[C@@H](O)[C@@H]4[C@@H]([C@]5(C)CC[C@@H](C(C)(C)O)O5)CC[C@@]4(C)[C@]3(C)CC[C@H]2C1(C)C. The van der Waals surface area contributed by atoms with Crippen molar-refractivity contribution in [1.82, 2.24) is 16.0 Å². The van der Waals surface area contributed by atoms with E-state index in [2.05, 4.69) is 57.5 Å². The summed E-state index contributed by atoms with van der Waals surface area (Å²) in [6, 6.07) is -0.870. The molecule has 1 aliphatic heterocycles. The first-order valence-electron chi connectivity index (χ1n) is 22.3. The van der Waals surface area contributed by atoms with E-state index in [1.54, 1.807) is 20.8 Å². The van der Waals surface area contributed by atoms with Crippen LogP contribution in [0.3, 0.4) is 0 Å². The Morgan fingerprint density at radius 2 is 1.39 bits per heavy atom. The molecular formula is C46H81N3O8. The van der Waals surface area contributed by atoms with E-state index in [0.29, 0.717) is 37.6 Å². The molecule has 57 heavy (non-hydrogen) atoms. The molecule has 0 spiro atoms. The summed E-state index contributed by atoms with van der Waals surface area (Å²) < 4.78 is 17.7. The lowest BCUT2D eigenvalue weighted by Gasteiger charge is -2.71. The number of carbonyl (C=O) groups excluding carboxylic acids is 3. The highest BCUT2D eigenvalue weighted by atomic mass is 16.6. The molecule has 12 atom stereocenters. The van der Waals surface area contributed by atoms with Crippen LogP contribution < -0.4 is 16.0 Å². The van der Waals surface area contributed by atoms with E-state index in [1.165, 1.54) is 0 Å². The van der Waals surface area contributed by atoms with Crippen LogP contribution in [0.25, 0.3) is 0 Å². The summed E-state index contributed by atoms with van der Waals surface area (Å²) in [5, 5.41) is 32.2. The zero-order valence-corrected chi connectivity index (χ0v) is 38.2. The summed E-state index contributed by atoms with van der Waals surface area (Å²) >= 11 is 0. The fourth-order valence-corrected chi connectivity index (χ4v) is 13.3. The zero-order chi connectivity index (χ0) is 42.8. The molecule has 11 nitrogen and oxygen atoms in total. The Kier molecular flexibility index (Phi) is 12.7. The monoisotopic (exact) mass is 804 g/mol. The van der Waals surface area contributed by atoms with Crippen LogP contribution in [0.4, 0.5) is 9.59 Å². The number of hydrogen-bond donors (Lipinski definition) is 5. The van der Waals surface area contributed by atoms with Crippen molar-refractivity contribution in [2.24, 2.45) is 45.3 Å². The lowest BCUT2D eigenvalue weighted by atomic mass is 9.35. The Hall–Kier alpha value is -2.11. The first-order valence-corrected chi connectivity index (χ1v) is 22.3. The zero-order valence-electron chi connectivity index (χ0n) is 38.2. The maximum atomic E-state index is 14.2. The Bertz CT molecular complexity index is 1480. The minimum absolute atomic E-state index is 0.0140. The number of ether oxygens (including phenoxy) is 3. The molecule has 328 valence electrons. The molecule has 1 saturated heterocycles. The Labute approximate surface area is 344 Å². The van der Waals surface area contributed by atoms with Crippen LogP contribution in [-0.2, 0) is 19.0 Å². The molecule has 0 bridgehead atoms. The van der Waals surface area contributed by atoms with Gasteiger partial charge >= 0.3 is 12.2 Å². The molecule has 0 unspecified atom stereocenters. The molecular weight excluding hydrogens is 723 g/mol. The molecule has 0 aromatic carbocycles. The van der Waals surface area contributed by atoms with Gasteiger partial charge in [-0.15, -0.1) is 0 Å². The number of amides is 3. The Morgan fingerprint density at radius 3 is 1.98 bits per heavy atom. The van der Waals surface area contributed by atoms with Crippen molar-refractivity contribution < 1.29 is 38.8 Å². The molecule has 4 saturated carbocycles. The third kappa shape index (κ3) is 9.16. The lowest BCUT2D eigenvalue weighted by molar-refractivity contribution is -0.240. The van der Waals surface area contributed by atoms with Crippen molar-refractivity contribution in [2.45, 2.75) is 221 Å². The van der Waals surface area contributed by atoms with Crippen LogP contribution in [0, 0.1) is 45.3 Å². The predicted octanol–water partition coefficient (Wildman–Crippen LogP) is 8.42. The summed E-state index contributed by atoms with van der Waals surface area (Å²) in [5.74, 6) is 0.867. The minimum atomic E-state index is -0.891. The van der Waals surface area contributed by atoms with E-state index in [9.17, 15) is 24.6 Å². The van der Waals surface area contributed by atoms with Gasteiger partial charge in [-0.25, -0.2) is 9.59 Å². The van der Waals surface area contributed by atoms with Gasteiger partial charge in [-0.2, -0.15) is 0 Å². The van der Waals surface area contributed by atoms with Gasteiger partial charge in [-0.3, -0.25) is 4.79 Å². The van der Waals surface area contributed by atoms with Gasteiger partial charge in [0.2, 0.25) is 5.91 Å². The highest BCUT2D eigenvalue weighted by Gasteiger charge is 2.72. The minimum Gasteiger partial charge on any atom is -0.444 e. The van der Waals surface area contributed by atoms with Crippen LogP contribution in [0.1, 0.15) is 174 Å². The van der Waals surface area contributed by atoms with Crippen LogP contribution in [0.15, 0.2) is 0 Å². The second kappa shape index (κ2) is 15.7. The van der Waals surface area contributed by atoms with E-state index in [0.717, 1.165) is 57.8 Å². The molecule has 11 heteroatoms. The van der Waals surface area contributed by atoms with E-state index in [4.69, 9.17) is 14.2 Å². The van der Waals surface area contributed by atoms with Gasteiger partial charge in [-0.05, 0) is 185 Å². The van der Waals surface area contributed by atoms with Gasteiger partial charge in [0.05, 0.1) is 23.4 Å². The maximum Gasteiger partial charge on any atom is 0.408 e. The second-order valence-electron chi connectivity index (χ2n) is 23.1. The second-order valence-corrected chi connectivity index (χ2v) is 23.1. The summed E-state index contributed by atoms with van der Waals surface area (Å²) in [6.45, 7) is 29.3. The number of unbranched alkanes of at least 4 members (excludes halogenated alkanes) is 1. The van der Waals surface area contributed by atoms with Crippen molar-refractivity contribution in [2.75, 3.05) is 6.54 Å². The fraction of sp³-hybridized carbons (Fsp3) is 0.935. The highest BCUT2D eigenvalue weighted by molar-refractivity contribution is 5.86. The van der Waals surface area contributed by atoms with Crippen LogP contribution >= 0.6 is 0 Å². The molecule has 5 aliphatic rings. The predicted molar refractivity (Wildman–Crippen MR) is 222 cm³/mol. The number of fused-ring (bicyclic) bond motifs is 5. The normalized spacial score (nSPS) is 39.5. The largest absolute Gasteiger partial charge is 0.444 e. The molecule has 1 heterocycles. The van der Waals surface area contributed by atoms with Crippen LogP contribution in [0.5, 0.6) is 0 Å². The molecule has 5 N–H and O–H groups in total. The topological polar surface area (TPSA) is 155 Å². The Balaban J connectivity index is 1.28. The summed E-state index contributed by atoms with van der Waals surface area (Å²) in [5.41, 5.74) is -2.77. The lowest BCUT2D eigenvalue weighted by Crippen LogP contribution is -2.68. The molecule has 0 aromatic rings. The van der Waals surface area contributed by atoms with Gasteiger partial charge in [0.15, 0.2) is 0 Å². The molecule has 5 rings (SSSR count). The number of hydrogen-bond acceptors (Lipinski definition) is 8. The number of aliphatic hydroxyl groups is 2. The first kappa shape index (κ1) is 46.0. The first-order chi connectivity index (χ1) is 26.0. The van der Waals surface area contributed by atoms with Crippen LogP contribution in [0.2, 0.25) is 0 Å². The molecule has 3 amide bonds. The number of carbonyl (C=O) groups is 3. The average molecular weight is 804 g/mol. The van der Waals surface area contributed by atoms with Gasteiger partial charge in [0.1, 0.15) is 17.2 Å². The highest BCUT2D eigenvalue weighted by Crippen LogP contribution is 2.76. The van der Waals surface area contributed by atoms with Crippen molar-refractivity contribution in [3.05, 3.63) is 0 Å². The van der Waals surface area contributed by atoms with Crippen molar-refractivity contribution >= 4 is 18.1 Å². The van der Waals surface area contributed by atoms with Gasteiger partial charge in [-0.1, -0.05) is 34.6 Å². The quantitative estimate of drug-likeness (QED) is 0.138. The average Bonchev–Trinajstić information content (AvgIpc) is 3.64. The van der Waals surface area contributed by atoms with E-state index >= 15 is 0 Å². The molecule has 5 fully saturated rings.